The molecule has 0 aliphatic carbocycles. The van der Waals surface area contributed by atoms with E-state index in [9.17, 15) is 4.79 Å². The number of carbonyl (C=O) groups is 1. The maximum Gasteiger partial charge on any atom is 0.251 e. The number of rotatable bonds is 5. The number of benzene rings is 2. The van der Waals surface area contributed by atoms with Crippen LogP contribution in [-0.2, 0) is 6.54 Å². The quantitative estimate of drug-likeness (QED) is 0.350. The number of carbonyl (C=O) groups excluding carboxylic acids is 1. The van der Waals surface area contributed by atoms with Crippen LogP contribution in [0.2, 0.25) is 0 Å². The number of anilines is 5. The number of hydrogen-bond donors (Lipinski definition) is 5. The van der Waals surface area contributed by atoms with Gasteiger partial charge in [-0.05, 0) is 42.8 Å². The van der Waals surface area contributed by atoms with Gasteiger partial charge in [-0.25, -0.2) is 4.98 Å². The van der Waals surface area contributed by atoms with Gasteiger partial charge in [-0.1, -0.05) is 17.7 Å². The highest BCUT2D eigenvalue weighted by Gasteiger charge is 2.18. The highest BCUT2D eigenvalue weighted by Crippen LogP contribution is 2.26. The second-order valence-corrected chi connectivity index (χ2v) is 6.27. The SMILES string of the molecule is Cc1ccc(Nc2nc(Nc3ccc4c(c3)CNC4=O)ncc2NN)cc1. The van der Waals surface area contributed by atoms with Crippen molar-refractivity contribution in [3.63, 3.8) is 0 Å². The van der Waals surface area contributed by atoms with Crippen LogP contribution in [0, 0.1) is 6.92 Å². The number of hydrazine groups is 1. The molecule has 0 bridgehead atoms. The Kier molecular flexibility index (Phi) is 4.31. The van der Waals surface area contributed by atoms with Gasteiger partial charge in [0, 0.05) is 23.5 Å². The molecule has 4 rings (SSSR count). The number of fused-ring (bicyclic) bond motifs is 1. The zero-order chi connectivity index (χ0) is 18.8. The number of nitrogens with two attached hydrogens (primary N) is 1. The van der Waals surface area contributed by atoms with Crippen LogP contribution in [-0.4, -0.2) is 15.9 Å². The van der Waals surface area contributed by atoms with Gasteiger partial charge in [-0.15, -0.1) is 0 Å². The molecule has 0 saturated heterocycles. The van der Waals surface area contributed by atoms with Gasteiger partial charge < -0.3 is 21.4 Å². The Morgan fingerprint density at radius 3 is 2.63 bits per heavy atom. The number of nitrogen functional groups attached to an aromatic ring is 1. The third-order valence-electron chi connectivity index (χ3n) is 4.30. The van der Waals surface area contributed by atoms with Crippen molar-refractivity contribution in [3.05, 3.63) is 65.4 Å². The summed E-state index contributed by atoms with van der Waals surface area (Å²) in [4.78, 5) is 20.5. The summed E-state index contributed by atoms with van der Waals surface area (Å²) in [6, 6.07) is 13.5. The first-order valence-corrected chi connectivity index (χ1v) is 8.48. The smallest absolute Gasteiger partial charge is 0.251 e. The number of hydrogen-bond acceptors (Lipinski definition) is 7. The van der Waals surface area contributed by atoms with Crippen molar-refractivity contribution < 1.29 is 4.79 Å². The Labute approximate surface area is 156 Å². The lowest BCUT2D eigenvalue weighted by Gasteiger charge is -2.13. The Hall–Kier alpha value is -3.65. The van der Waals surface area contributed by atoms with Crippen molar-refractivity contribution in [1.29, 1.82) is 0 Å². The lowest BCUT2D eigenvalue weighted by molar-refractivity contribution is 0.0966. The van der Waals surface area contributed by atoms with Gasteiger partial charge in [-0.2, -0.15) is 4.98 Å². The number of aryl methyl sites for hydroxylation is 1. The summed E-state index contributed by atoms with van der Waals surface area (Å²) < 4.78 is 0. The summed E-state index contributed by atoms with van der Waals surface area (Å²) in [5.74, 6) is 6.50. The molecule has 6 N–H and O–H groups in total. The minimum absolute atomic E-state index is 0.0456. The second kappa shape index (κ2) is 6.93. The molecule has 8 nitrogen and oxygen atoms in total. The monoisotopic (exact) mass is 361 g/mol. The highest BCUT2D eigenvalue weighted by molar-refractivity contribution is 5.98. The minimum Gasteiger partial charge on any atom is -0.348 e. The average molecular weight is 361 g/mol. The summed E-state index contributed by atoms with van der Waals surface area (Å²) in [5.41, 5.74) is 7.69. The summed E-state index contributed by atoms with van der Waals surface area (Å²) in [5, 5.41) is 9.20. The summed E-state index contributed by atoms with van der Waals surface area (Å²) >= 11 is 0. The molecule has 0 saturated carbocycles. The van der Waals surface area contributed by atoms with Crippen LogP contribution in [0.4, 0.5) is 28.8 Å². The topological polar surface area (TPSA) is 117 Å². The van der Waals surface area contributed by atoms with E-state index >= 15 is 0 Å². The average Bonchev–Trinajstić information content (AvgIpc) is 3.04. The molecule has 2 heterocycles. The Morgan fingerprint density at radius 2 is 1.85 bits per heavy atom. The fourth-order valence-corrected chi connectivity index (χ4v) is 2.86. The van der Waals surface area contributed by atoms with Crippen LogP contribution < -0.4 is 27.2 Å². The Morgan fingerprint density at radius 1 is 1.07 bits per heavy atom. The highest BCUT2D eigenvalue weighted by atomic mass is 16.1. The van der Waals surface area contributed by atoms with Crippen molar-refractivity contribution in [2.45, 2.75) is 13.5 Å². The molecule has 0 fully saturated rings. The number of aromatic nitrogens is 2. The predicted octanol–water partition coefficient (Wildman–Crippen LogP) is 2.80. The molecule has 1 aliphatic rings. The largest absolute Gasteiger partial charge is 0.348 e. The Bertz CT molecular complexity index is 1000. The second-order valence-electron chi connectivity index (χ2n) is 6.27. The van der Waals surface area contributed by atoms with Crippen LogP contribution >= 0.6 is 0 Å². The van der Waals surface area contributed by atoms with Crippen molar-refractivity contribution >= 4 is 34.7 Å². The molecule has 3 aromatic rings. The van der Waals surface area contributed by atoms with Gasteiger partial charge in [0.2, 0.25) is 5.95 Å². The van der Waals surface area contributed by atoms with Gasteiger partial charge in [0.25, 0.3) is 5.91 Å². The van der Waals surface area contributed by atoms with Gasteiger partial charge in [-0.3, -0.25) is 10.6 Å². The first-order chi connectivity index (χ1) is 13.1. The van der Waals surface area contributed by atoms with Crippen molar-refractivity contribution in [1.82, 2.24) is 15.3 Å². The van der Waals surface area contributed by atoms with Crippen LogP contribution in [0.5, 0.6) is 0 Å². The normalized spacial score (nSPS) is 12.3. The number of amides is 1. The first kappa shape index (κ1) is 16.8. The van der Waals surface area contributed by atoms with E-state index in [1.54, 1.807) is 12.3 Å². The summed E-state index contributed by atoms with van der Waals surface area (Å²) in [6.07, 6.45) is 1.60. The molecule has 136 valence electrons. The van der Waals surface area contributed by atoms with E-state index in [1.165, 1.54) is 5.56 Å². The lowest BCUT2D eigenvalue weighted by Crippen LogP contribution is -2.12. The van der Waals surface area contributed by atoms with E-state index in [4.69, 9.17) is 5.84 Å². The molecule has 0 unspecified atom stereocenters. The van der Waals surface area contributed by atoms with Crippen LogP contribution in [0.1, 0.15) is 21.5 Å². The molecule has 1 aromatic heterocycles. The fraction of sp³-hybridized carbons (Fsp3) is 0.105. The third-order valence-corrected chi connectivity index (χ3v) is 4.30. The van der Waals surface area contributed by atoms with Gasteiger partial charge >= 0.3 is 0 Å². The predicted molar refractivity (Wildman–Crippen MR) is 105 cm³/mol. The molecule has 0 atom stereocenters. The van der Waals surface area contributed by atoms with Crippen molar-refractivity contribution in [2.24, 2.45) is 5.84 Å². The maximum absolute atomic E-state index is 11.7. The van der Waals surface area contributed by atoms with E-state index in [0.717, 1.165) is 16.9 Å². The van der Waals surface area contributed by atoms with E-state index < -0.39 is 0 Å². The lowest BCUT2D eigenvalue weighted by atomic mass is 10.1. The van der Waals surface area contributed by atoms with Gasteiger partial charge in [0.15, 0.2) is 5.82 Å². The number of nitrogens with one attached hydrogen (secondary N) is 4. The first-order valence-electron chi connectivity index (χ1n) is 8.48. The Balaban J connectivity index is 1.58. The zero-order valence-electron chi connectivity index (χ0n) is 14.7. The van der Waals surface area contributed by atoms with E-state index in [1.807, 2.05) is 43.3 Å². The van der Waals surface area contributed by atoms with Crippen molar-refractivity contribution in [2.75, 3.05) is 16.1 Å². The molecule has 27 heavy (non-hydrogen) atoms. The molecular weight excluding hydrogens is 342 g/mol. The number of nitrogens with zero attached hydrogens (tertiary/aromatic N) is 2. The molecule has 1 amide bonds. The molecule has 1 aliphatic heterocycles. The fourth-order valence-electron chi connectivity index (χ4n) is 2.86. The molecule has 0 spiro atoms. The van der Waals surface area contributed by atoms with Crippen molar-refractivity contribution in [3.8, 4) is 0 Å². The summed E-state index contributed by atoms with van der Waals surface area (Å²) in [6.45, 7) is 2.56. The van der Waals surface area contributed by atoms with Crippen LogP contribution in [0.3, 0.4) is 0 Å². The molecule has 0 radical (unpaired) electrons. The van der Waals surface area contributed by atoms with E-state index in [0.29, 0.717) is 29.6 Å². The molecular formula is C19H19N7O. The van der Waals surface area contributed by atoms with Gasteiger partial charge in [0.1, 0.15) is 5.69 Å². The van der Waals surface area contributed by atoms with E-state index in [-0.39, 0.29) is 5.91 Å². The third kappa shape index (κ3) is 3.51. The van der Waals surface area contributed by atoms with Crippen LogP contribution in [0.15, 0.2) is 48.7 Å². The van der Waals surface area contributed by atoms with Crippen LogP contribution in [0.25, 0.3) is 0 Å². The zero-order valence-corrected chi connectivity index (χ0v) is 14.7. The molecule has 2 aromatic carbocycles. The summed E-state index contributed by atoms with van der Waals surface area (Å²) in [7, 11) is 0. The minimum atomic E-state index is -0.0456. The maximum atomic E-state index is 11.7. The molecule has 8 heteroatoms. The van der Waals surface area contributed by atoms with E-state index in [2.05, 4.69) is 31.3 Å². The van der Waals surface area contributed by atoms with Gasteiger partial charge in [0.05, 0.1) is 6.20 Å². The standard InChI is InChI=1S/C19H19N7O/c1-11-2-4-13(5-3-11)23-17-16(26-20)10-22-19(25-17)24-14-6-7-15-12(8-14)9-21-18(15)27/h2-8,10,26H,9,20H2,1H3,(H,21,27)(H2,22,23,24,25).